The van der Waals surface area contributed by atoms with Gasteiger partial charge < -0.3 is 0 Å². The molecular formula is C24H19FN2O3. The summed E-state index contributed by atoms with van der Waals surface area (Å²) in [5, 5.41) is 1.68. The molecule has 2 fully saturated rings. The third kappa shape index (κ3) is 2.80. The molecule has 0 bridgehead atoms. The van der Waals surface area contributed by atoms with E-state index in [0.29, 0.717) is 5.69 Å². The van der Waals surface area contributed by atoms with Gasteiger partial charge in [0.05, 0.1) is 17.4 Å². The number of hydroxylamine groups is 1. The van der Waals surface area contributed by atoms with E-state index in [0.717, 1.165) is 21.7 Å². The predicted molar refractivity (Wildman–Crippen MR) is 110 cm³/mol. The van der Waals surface area contributed by atoms with Crippen LogP contribution in [0.3, 0.4) is 0 Å². The molecule has 30 heavy (non-hydrogen) atoms. The summed E-state index contributed by atoms with van der Waals surface area (Å²) >= 11 is 0. The SMILES string of the molecule is Cc1ccccc1[C@@H]1[C@H]2C(=O)N(c3ccc(F)cc3)C(=O)[C@@H]2ON1c1ccccc1. The molecule has 3 aromatic rings. The molecule has 5 rings (SSSR count). The Morgan fingerprint density at radius 2 is 1.47 bits per heavy atom. The monoisotopic (exact) mass is 402 g/mol. The number of nitrogens with zero attached hydrogens (tertiary/aromatic N) is 2. The van der Waals surface area contributed by atoms with Gasteiger partial charge in [-0.2, -0.15) is 0 Å². The molecule has 0 unspecified atom stereocenters. The van der Waals surface area contributed by atoms with Crippen molar-refractivity contribution in [3.8, 4) is 0 Å². The Balaban J connectivity index is 1.60. The molecule has 2 heterocycles. The lowest BCUT2D eigenvalue weighted by molar-refractivity contribution is -0.126. The van der Waals surface area contributed by atoms with Crippen molar-refractivity contribution < 1.29 is 18.8 Å². The van der Waals surface area contributed by atoms with Crippen molar-refractivity contribution >= 4 is 23.2 Å². The molecule has 2 aliphatic rings. The molecule has 150 valence electrons. The fourth-order valence-corrected chi connectivity index (χ4v) is 4.29. The molecule has 6 heteroatoms. The lowest BCUT2D eigenvalue weighted by Gasteiger charge is -2.29. The number of hydrogen-bond donors (Lipinski definition) is 0. The van der Waals surface area contributed by atoms with Crippen LogP contribution in [0.15, 0.2) is 78.9 Å². The van der Waals surface area contributed by atoms with Gasteiger partial charge in [-0.05, 0) is 54.4 Å². The van der Waals surface area contributed by atoms with Gasteiger partial charge in [-0.15, -0.1) is 0 Å². The summed E-state index contributed by atoms with van der Waals surface area (Å²) in [4.78, 5) is 33.9. The van der Waals surface area contributed by atoms with Crippen molar-refractivity contribution in [3.05, 3.63) is 95.8 Å². The van der Waals surface area contributed by atoms with Crippen molar-refractivity contribution in [3.63, 3.8) is 0 Å². The molecule has 0 spiro atoms. The molecule has 0 radical (unpaired) electrons. The molecule has 0 aromatic heterocycles. The van der Waals surface area contributed by atoms with Gasteiger partial charge >= 0.3 is 0 Å². The quantitative estimate of drug-likeness (QED) is 0.617. The fraction of sp³-hybridized carbons (Fsp3) is 0.167. The summed E-state index contributed by atoms with van der Waals surface area (Å²) in [5.74, 6) is -1.91. The van der Waals surface area contributed by atoms with Crippen molar-refractivity contribution in [2.75, 3.05) is 9.96 Å². The Morgan fingerprint density at radius 1 is 0.800 bits per heavy atom. The highest BCUT2D eigenvalue weighted by Crippen LogP contribution is 2.48. The Morgan fingerprint density at radius 3 is 2.17 bits per heavy atom. The second-order valence-corrected chi connectivity index (χ2v) is 7.50. The third-order valence-electron chi connectivity index (χ3n) is 5.72. The standard InChI is InChI=1S/C24H19FN2O3/c1-15-7-5-6-10-19(15)21-20-22(30-27(21)18-8-3-2-4-9-18)24(29)26(23(20)28)17-13-11-16(25)12-14-17/h2-14,20-22H,1H3/t20-,21-,22-/m1/s1. The van der Waals surface area contributed by atoms with Crippen LogP contribution in [0.5, 0.6) is 0 Å². The summed E-state index contributed by atoms with van der Waals surface area (Å²) in [7, 11) is 0. The highest BCUT2D eigenvalue weighted by atomic mass is 19.1. The van der Waals surface area contributed by atoms with Crippen LogP contribution in [-0.2, 0) is 14.4 Å². The lowest BCUT2D eigenvalue weighted by Crippen LogP contribution is -2.37. The summed E-state index contributed by atoms with van der Waals surface area (Å²) in [6.07, 6.45) is -0.938. The number of rotatable bonds is 3. The average Bonchev–Trinajstić information content (AvgIpc) is 3.26. The highest BCUT2D eigenvalue weighted by molar-refractivity contribution is 6.23. The minimum atomic E-state index is -0.938. The summed E-state index contributed by atoms with van der Waals surface area (Å²) in [6.45, 7) is 1.98. The van der Waals surface area contributed by atoms with E-state index in [1.54, 1.807) is 5.06 Å². The number of hydrogen-bond acceptors (Lipinski definition) is 4. The predicted octanol–water partition coefficient (Wildman–Crippen LogP) is 4.19. The maximum absolute atomic E-state index is 13.5. The van der Waals surface area contributed by atoms with E-state index in [1.165, 1.54) is 24.3 Å². The highest BCUT2D eigenvalue weighted by Gasteiger charge is 2.60. The van der Waals surface area contributed by atoms with Gasteiger partial charge in [-0.1, -0.05) is 42.5 Å². The Bertz CT molecular complexity index is 1120. The Kier molecular flexibility index (Phi) is 4.37. The van der Waals surface area contributed by atoms with Crippen LogP contribution in [0.2, 0.25) is 0 Å². The Labute approximate surface area is 173 Å². The normalized spacial score (nSPS) is 23.2. The lowest BCUT2D eigenvalue weighted by atomic mass is 9.88. The fourth-order valence-electron chi connectivity index (χ4n) is 4.29. The molecule has 3 atom stereocenters. The van der Waals surface area contributed by atoms with E-state index >= 15 is 0 Å². The first-order chi connectivity index (χ1) is 14.6. The van der Waals surface area contributed by atoms with E-state index in [1.807, 2.05) is 61.5 Å². The molecule has 2 aliphatic heterocycles. The number of carbonyl (C=O) groups is 2. The van der Waals surface area contributed by atoms with Crippen molar-refractivity contribution in [2.24, 2.45) is 5.92 Å². The van der Waals surface area contributed by atoms with Gasteiger partial charge in [0, 0.05) is 0 Å². The molecule has 2 amide bonds. The topological polar surface area (TPSA) is 49.9 Å². The number of para-hydroxylation sites is 1. The first-order valence-electron chi connectivity index (χ1n) is 9.76. The van der Waals surface area contributed by atoms with Crippen LogP contribution in [0, 0.1) is 18.7 Å². The first kappa shape index (κ1) is 18.5. The van der Waals surface area contributed by atoms with Gasteiger partial charge in [0.1, 0.15) is 11.7 Å². The van der Waals surface area contributed by atoms with E-state index < -0.39 is 29.8 Å². The van der Waals surface area contributed by atoms with Crippen LogP contribution in [0.1, 0.15) is 17.2 Å². The molecule has 0 N–H and O–H groups in total. The van der Waals surface area contributed by atoms with E-state index in [9.17, 15) is 14.0 Å². The minimum absolute atomic E-state index is 0.344. The van der Waals surface area contributed by atoms with Crippen LogP contribution >= 0.6 is 0 Å². The minimum Gasteiger partial charge on any atom is -0.273 e. The number of imide groups is 1. The molecule has 2 saturated heterocycles. The van der Waals surface area contributed by atoms with Crippen molar-refractivity contribution in [1.82, 2.24) is 0 Å². The average molecular weight is 402 g/mol. The number of benzene rings is 3. The molecule has 0 saturated carbocycles. The van der Waals surface area contributed by atoms with Crippen LogP contribution < -0.4 is 9.96 Å². The van der Waals surface area contributed by atoms with E-state index in [-0.39, 0.29) is 5.91 Å². The second kappa shape index (κ2) is 7.07. The summed E-state index contributed by atoms with van der Waals surface area (Å²) in [6, 6.07) is 22.1. The number of fused-ring (bicyclic) bond motifs is 1. The number of anilines is 2. The Hall–Kier alpha value is -3.51. The summed E-state index contributed by atoms with van der Waals surface area (Å²) < 4.78 is 13.3. The molecule has 5 nitrogen and oxygen atoms in total. The van der Waals surface area contributed by atoms with E-state index in [4.69, 9.17) is 4.84 Å². The van der Waals surface area contributed by atoms with Gasteiger partial charge in [-0.3, -0.25) is 14.4 Å². The van der Waals surface area contributed by atoms with E-state index in [2.05, 4.69) is 0 Å². The zero-order valence-corrected chi connectivity index (χ0v) is 16.2. The largest absolute Gasteiger partial charge is 0.273 e. The molecule has 3 aromatic carbocycles. The zero-order valence-electron chi connectivity index (χ0n) is 16.2. The van der Waals surface area contributed by atoms with Gasteiger partial charge in [-0.25, -0.2) is 14.4 Å². The van der Waals surface area contributed by atoms with Crippen LogP contribution in [-0.4, -0.2) is 17.9 Å². The van der Waals surface area contributed by atoms with Crippen molar-refractivity contribution in [2.45, 2.75) is 19.1 Å². The molecule has 0 aliphatic carbocycles. The van der Waals surface area contributed by atoms with Gasteiger partial charge in [0.15, 0.2) is 6.10 Å². The number of carbonyl (C=O) groups excluding carboxylic acids is 2. The van der Waals surface area contributed by atoms with Crippen LogP contribution in [0.4, 0.5) is 15.8 Å². The maximum Gasteiger partial charge on any atom is 0.266 e. The smallest absolute Gasteiger partial charge is 0.266 e. The number of halogens is 1. The molecular weight excluding hydrogens is 383 g/mol. The summed E-state index contributed by atoms with van der Waals surface area (Å²) in [5.41, 5.74) is 3.05. The second-order valence-electron chi connectivity index (χ2n) is 7.50. The van der Waals surface area contributed by atoms with Gasteiger partial charge in [0.25, 0.3) is 5.91 Å². The number of amides is 2. The van der Waals surface area contributed by atoms with Gasteiger partial charge in [0.2, 0.25) is 5.91 Å². The maximum atomic E-state index is 13.5. The third-order valence-corrected chi connectivity index (χ3v) is 5.72. The van der Waals surface area contributed by atoms with Crippen molar-refractivity contribution in [1.29, 1.82) is 0 Å². The zero-order chi connectivity index (χ0) is 20.8. The number of aryl methyl sites for hydroxylation is 1. The van der Waals surface area contributed by atoms with Crippen LogP contribution in [0.25, 0.3) is 0 Å². The first-order valence-corrected chi connectivity index (χ1v) is 9.76.